The van der Waals surface area contributed by atoms with Crippen molar-refractivity contribution in [2.75, 3.05) is 0 Å². The van der Waals surface area contributed by atoms with Crippen LogP contribution in [0, 0.1) is 5.82 Å². The van der Waals surface area contributed by atoms with Crippen LogP contribution in [0.15, 0.2) is 42.6 Å². The Hall–Kier alpha value is -2.95. The second kappa shape index (κ2) is 4.29. The minimum atomic E-state index is -0.352. The van der Waals surface area contributed by atoms with E-state index in [1.807, 2.05) is 36.1 Å². The summed E-state index contributed by atoms with van der Waals surface area (Å²) in [5.41, 5.74) is 4.37. The van der Waals surface area contributed by atoms with E-state index in [2.05, 4.69) is 11.2 Å². The molecule has 5 heteroatoms. The molecule has 0 saturated carbocycles. The van der Waals surface area contributed by atoms with Crippen molar-refractivity contribution < 1.29 is 9.13 Å². The maximum absolute atomic E-state index is 14.0. The monoisotopic (exact) mass is 305 g/mol. The third-order valence-electron chi connectivity index (χ3n) is 4.39. The molecule has 1 aliphatic rings. The summed E-state index contributed by atoms with van der Waals surface area (Å²) in [6, 6.07) is 11.1. The highest BCUT2D eigenvalue weighted by Crippen LogP contribution is 2.39. The second-order valence-electron chi connectivity index (χ2n) is 5.74. The van der Waals surface area contributed by atoms with Gasteiger partial charge in [-0.1, -0.05) is 12.1 Å². The van der Waals surface area contributed by atoms with E-state index in [4.69, 9.17) is 9.72 Å². The second-order valence-corrected chi connectivity index (χ2v) is 5.74. The van der Waals surface area contributed by atoms with Gasteiger partial charge < -0.3 is 4.74 Å². The van der Waals surface area contributed by atoms with Crippen molar-refractivity contribution >= 4 is 21.8 Å². The van der Waals surface area contributed by atoms with E-state index in [1.165, 1.54) is 6.07 Å². The number of halogens is 1. The van der Waals surface area contributed by atoms with Crippen molar-refractivity contribution in [1.82, 2.24) is 14.8 Å². The Balaban J connectivity index is 1.89. The van der Waals surface area contributed by atoms with Crippen molar-refractivity contribution in [3.63, 3.8) is 0 Å². The van der Waals surface area contributed by atoms with Gasteiger partial charge in [-0.3, -0.25) is 4.68 Å². The first kappa shape index (κ1) is 12.6. The average Bonchev–Trinajstić information content (AvgIpc) is 2.95. The van der Waals surface area contributed by atoms with Crippen LogP contribution in [0.25, 0.3) is 33.1 Å². The number of hydrogen-bond acceptors (Lipinski definition) is 3. The zero-order chi connectivity index (χ0) is 15.6. The number of fused-ring (bicyclic) bond motifs is 6. The Kier molecular flexibility index (Phi) is 2.34. The number of benzene rings is 2. The fourth-order valence-electron chi connectivity index (χ4n) is 3.25. The van der Waals surface area contributed by atoms with Gasteiger partial charge in [-0.25, -0.2) is 9.37 Å². The highest BCUT2D eigenvalue weighted by molar-refractivity contribution is 6.04. The van der Waals surface area contributed by atoms with E-state index in [1.54, 1.807) is 6.07 Å². The normalized spacial score (nSPS) is 13.0. The summed E-state index contributed by atoms with van der Waals surface area (Å²) in [7, 11) is 1.91. The molecule has 0 saturated heterocycles. The van der Waals surface area contributed by atoms with Gasteiger partial charge in [-0.05, 0) is 24.3 Å². The van der Waals surface area contributed by atoms with Crippen molar-refractivity contribution in [1.29, 1.82) is 0 Å². The molecule has 2 aromatic carbocycles. The van der Waals surface area contributed by atoms with E-state index in [0.717, 1.165) is 33.1 Å². The third kappa shape index (κ3) is 1.64. The van der Waals surface area contributed by atoms with Crippen LogP contribution in [0.3, 0.4) is 0 Å². The van der Waals surface area contributed by atoms with Gasteiger partial charge >= 0.3 is 0 Å². The molecule has 2 aromatic heterocycles. The van der Waals surface area contributed by atoms with Crippen LogP contribution in [-0.2, 0) is 13.7 Å². The number of rotatable bonds is 0. The molecule has 0 unspecified atom stereocenters. The van der Waals surface area contributed by atoms with Crippen molar-refractivity contribution in [3.05, 3.63) is 54.0 Å². The van der Waals surface area contributed by atoms with Crippen LogP contribution in [0.1, 0.15) is 5.56 Å². The van der Waals surface area contributed by atoms with Crippen LogP contribution in [0.4, 0.5) is 4.39 Å². The molecule has 3 heterocycles. The Morgan fingerprint density at radius 1 is 1.22 bits per heavy atom. The highest BCUT2D eigenvalue weighted by atomic mass is 19.1. The molecule has 0 fully saturated rings. The van der Waals surface area contributed by atoms with Crippen LogP contribution in [-0.4, -0.2) is 14.8 Å². The lowest BCUT2D eigenvalue weighted by molar-refractivity contribution is 0.286. The molecule has 0 bridgehead atoms. The Labute approximate surface area is 131 Å². The standard InChI is InChI=1S/C18H12FN3O/c1-22-15-6-5-10-7-11-9-23-18-12(3-2-4-14(18)19)17(11)21-16(10)13(15)8-20-22/h2-8H,9H2,1H3. The molecule has 1 aliphatic heterocycles. The van der Waals surface area contributed by atoms with Crippen molar-refractivity contribution in [3.8, 4) is 17.0 Å². The molecule has 0 spiro atoms. The highest BCUT2D eigenvalue weighted by Gasteiger charge is 2.22. The van der Waals surface area contributed by atoms with E-state index in [0.29, 0.717) is 12.2 Å². The molecule has 0 aliphatic carbocycles. The van der Waals surface area contributed by atoms with Crippen molar-refractivity contribution in [2.45, 2.75) is 6.61 Å². The first-order valence-electron chi connectivity index (χ1n) is 7.38. The number of hydrogen-bond donors (Lipinski definition) is 0. The van der Waals surface area contributed by atoms with Gasteiger partial charge in [0.1, 0.15) is 6.61 Å². The lowest BCUT2D eigenvalue weighted by Gasteiger charge is -2.21. The first-order chi connectivity index (χ1) is 11.2. The molecule has 0 radical (unpaired) electrons. The van der Waals surface area contributed by atoms with Crippen molar-refractivity contribution in [2.24, 2.45) is 7.05 Å². The maximum Gasteiger partial charge on any atom is 0.165 e. The number of pyridine rings is 1. The van der Waals surface area contributed by atoms with E-state index in [9.17, 15) is 4.39 Å². The molecule has 4 aromatic rings. The lowest BCUT2D eigenvalue weighted by atomic mass is 10.00. The van der Waals surface area contributed by atoms with Gasteiger partial charge in [0.05, 0.1) is 22.9 Å². The molecule has 4 nitrogen and oxygen atoms in total. The predicted octanol–water partition coefficient (Wildman–Crippen LogP) is 3.82. The summed E-state index contributed by atoms with van der Waals surface area (Å²) in [6.07, 6.45) is 1.82. The first-order valence-corrected chi connectivity index (χ1v) is 7.38. The van der Waals surface area contributed by atoms with E-state index >= 15 is 0 Å². The number of aryl methyl sites for hydroxylation is 1. The fraction of sp³-hybridized carbons (Fsp3) is 0.111. The molecule has 0 N–H and O–H groups in total. The number of para-hydroxylation sites is 1. The lowest BCUT2D eigenvalue weighted by Crippen LogP contribution is -2.08. The van der Waals surface area contributed by atoms with Crippen LogP contribution in [0.2, 0.25) is 0 Å². The average molecular weight is 305 g/mol. The number of nitrogens with zero attached hydrogens (tertiary/aromatic N) is 3. The molecule has 0 atom stereocenters. The predicted molar refractivity (Wildman–Crippen MR) is 85.7 cm³/mol. The maximum atomic E-state index is 14.0. The smallest absolute Gasteiger partial charge is 0.165 e. The summed E-state index contributed by atoms with van der Waals surface area (Å²) in [5, 5.41) is 6.34. The molecular weight excluding hydrogens is 293 g/mol. The van der Waals surface area contributed by atoms with Gasteiger partial charge in [-0.15, -0.1) is 0 Å². The molecule has 0 amide bonds. The number of aromatic nitrogens is 3. The van der Waals surface area contributed by atoms with Crippen LogP contribution < -0.4 is 4.74 Å². The Morgan fingerprint density at radius 2 is 2.13 bits per heavy atom. The van der Waals surface area contributed by atoms with Crippen LogP contribution >= 0.6 is 0 Å². The molecule has 5 rings (SSSR count). The Bertz CT molecular complexity index is 1100. The number of ether oxygens (including phenoxy) is 1. The summed E-state index contributed by atoms with van der Waals surface area (Å²) >= 11 is 0. The minimum Gasteiger partial charge on any atom is -0.485 e. The van der Waals surface area contributed by atoms with Gasteiger partial charge in [-0.2, -0.15) is 5.10 Å². The van der Waals surface area contributed by atoms with E-state index in [-0.39, 0.29) is 11.6 Å². The Morgan fingerprint density at radius 3 is 3.04 bits per heavy atom. The van der Waals surface area contributed by atoms with Gasteiger partial charge in [0.15, 0.2) is 11.6 Å². The van der Waals surface area contributed by atoms with Gasteiger partial charge in [0, 0.05) is 28.9 Å². The summed E-state index contributed by atoms with van der Waals surface area (Å²) in [5.74, 6) is -0.0696. The van der Waals surface area contributed by atoms with Gasteiger partial charge in [0.25, 0.3) is 0 Å². The van der Waals surface area contributed by atoms with Gasteiger partial charge in [0.2, 0.25) is 0 Å². The quantitative estimate of drug-likeness (QED) is 0.496. The SMILES string of the molecule is Cn1ncc2c3nc4c(cc3ccc21)COc1c(F)cccc1-4. The summed E-state index contributed by atoms with van der Waals surface area (Å²) in [6.45, 7) is 0.331. The van der Waals surface area contributed by atoms with E-state index < -0.39 is 0 Å². The summed E-state index contributed by atoms with van der Waals surface area (Å²) in [4.78, 5) is 4.84. The largest absolute Gasteiger partial charge is 0.485 e. The molecular formula is C18H12FN3O. The third-order valence-corrected chi connectivity index (χ3v) is 4.39. The zero-order valence-corrected chi connectivity index (χ0v) is 12.4. The van der Waals surface area contributed by atoms with Crippen LogP contribution in [0.5, 0.6) is 5.75 Å². The fourth-order valence-corrected chi connectivity index (χ4v) is 3.25. The summed E-state index contributed by atoms with van der Waals surface area (Å²) < 4.78 is 21.4. The molecule has 23 heavy (non-hydrogen) atoms. The zero-order valence-electron chi connectivity index (χ0n) is 12.4. The molecule has 112 valence electrons. The minimum absolute atomic E-state index is 0.283. The topological polar surface area (TPSA) is 39.9 Å².